The number of carboxylic acids is 1. The lowest BCUT2D eigenvalue weighted by Gasteiger charge is -2.08. The van der Waals surface area contributed by atoms with E-state index in [1.165, 1.54) is 0 Å². The number of carbonyl (C=O) groups excluding carboxylic acids is 1. The number of benzene rings is 1. The zero-order valence-electron chi connectivity index (χ0n) is 13.1. The molecular formula is C16H18N2O5. The molecule has 7 nitrogen and oxygen atoms in total. The van der Waals surface area contributed by atoms with Crippen LogP contribution in [0.3, 0.4) is 0 Å². The van der Waals surface area contributed by atoms with Crippen LogP contribution in [-0.2, 0) is 4.79 Å². The Bertz CT molecular complexity index is 704. The zero-order valence-corrected chi connectivity index (χ0v) is 13.1. The summed E-state index contributed by atoms with van der Waals surface area (Å²) in [4.78, 5) is 22.8. The van der Waals surface area contributed by atoms with E-state index in [4.69, 9.17) is 14.4 Å². The number of carboxylic acid groups (broad SMARTS) is 1. The second-order valence-electron chi connectivity index (χ2n) is 5.32. The summed E-state index contributed by atoms with van der Waals surface area (Å²) in [5.41, 5.74) is 1.53. The first kappa shape index (κ1) is 16.5. The van der Waals surface area contributed by atoms with Gasteiger partial charge in [0.15, 0.2) is 12.4 Å². The Labute approximate surface area is 133 Å². The largest absolute Gasteiger partial charge is 0.482 e. The Morgan fingerprint density at radius 3 is 2.52 bits per heavy atom. The van der Waals surface area contributed by atoms with Crippen molar-refractivity contribution in [2.75, 3.05) is 11.9 Å². The topological polar surface area (TPSA) is 102 Å². The van der Waals surface area contributed by atoms with E-state index in [0.717, 1.165) is 0 Å². The Morgan fingerprint density at radius 1 is 1.30 bits per heavy atom. The summed E-state index contributed by atoms with van der Waals surface area (Å²) in [6.07, 6.45) is 0. The van der Waals surface area contributed by atoms with Crippen molar-refractivity contribution in [2.24, 2.45) is 0 Å². The Kier molecular flexibility index (Phi) is 5.00. The summed E-state index contributed by atoms with van der Waals surface area (Å²) in [5.74, 6) is -0.349. The summed E-state index contributed by atoms with van der Waals surface area (Å²) in [6.45, 7) is 5.15. The lowest BCUT2D eigenvalue weighted by molar-refractivity contribution is -0.139. The normalized spacial score (nSPS) is 10.6. The number of aliphatic carboxylic acids is 1. The number of hydrogen-bond donors (Lipinski definition) is 2. The molecule has 23 heavy (non-hydrogen) atoms. The number of ether oxygens (including phenoxy) is 1. The van der Waals surface area contributed by atoms with E-state index >= 15 is 0 Å². The predicted octanol–water partition coefficient (Wildman–Crippen LogP) is 2.82. The van der Waals surface area contributed by atoms with Crippen LogP contribution in [-0.4, -0.2) is 28.7 Å². The van der Waals surface area contributed by atoms with Gasteiger partial charge in [-0.25, -0.2) is 4.79 Å². The Morgan fingerprint density at radius 2 is 1.96 bits per heavy atom. The second kappa shape index (κ2) is 6.95. The molecule has 2 rings (SSSR count). The van der Waals surface area contributed by atoms with Crippen molar-refractivity contribution in [3.63, 3.8) is 0 Å². The number of nitrogens with zero attached hydrogens (tertiary/aromatic N) is 1. The number of amides is 1. The summed E-state index contributed by atoms with van der Waals surface area (Å²) in [5, 5.41) is 15.2. The maximum absolute atomic E-state index is 12.4. The van der Waals surface area contributed by atoms with Crippen LogP contribution in [0.15, 0.2) is 28.8 Å². The molecule has 0 unspecified atom stereocenters. The number of anilines is 1. The van der Waals surface area contributed by atoms with Gasteiger partial charge >= 0.3 is 5.97 Å². The van der Waals surface area contributed by atoms with Crippen molar-refractivity contribution in [1.29, 1.82) is 0 Å². The molecule has 1 heterocycles. The first-order valence-electron chi connectivity index (χ1n) is 7.10. The molecule has 0 spiro atoms. The SMILES string of the molecule is Cc1noc(C(C)C)c1C(=O)Nc1ccc(OCC(=O)O)cc1. The van der Waals surface area contributed by atoms with Gasteiger partial charge in [-0.3, -0.25) is 4.79 Å². The first-order chi connectivity index (χ1) is 10.9. The first-order valence-corrected chi connectivity index (χ1v) is 7.10. The molecule has 0 aliphatic rings. The van der Waals surface area contributed by atoms with Crippen molar-refractivity contribution in [1.82, 2.24) is 5.16 Å². The fourth-order valence-electron chi connectivity index (χ4n) is 2.03. The monoisotopic (exact) mass is 318 g/mol. The van der Waals surface area contributed by atoms with Gasteiger partial charge in [0.1, 0.15) is 11.3 Å². The molecule has 1 amide bonds. The van der Waals surface area contributed by atoms with Crippen LogP contribution >= 0.6 is 0 Å². The van der Waals surface area contributed by atoms with Crippen LogP contribution in [0.2, 0.25) is 0 Å². The van der Waals surface area contributed by atoms with E-state index < -0.39 is 12.6 Å². The second-order valence-corrected chi connectivity index (χ2v) is 5.32. The van der Waals surface area contributed by atoms with Gasteiger partial charge in [-0.1, -0.05) is 19.0 Å². The molecule has 0 saturated carbocycles. The highest BCUT2D eigenvalue weighted by Gasteiger charge is 2.22. The third-order valence-corrected chi connectivity index (χ3v) is 3.12. The maximum atomic E-state index is 12.4. The van der Waals surface area contributed by atoms with Gasteiger partial charge in [0.05, 0.1) is 5.69 Å². The number of nitrogens with one attached hydrogen (secondary N) is 1. The highest BCUT2D eigenvalue weighted by Crippen LogP contribution is 2.24. The third-order valence-electron chi connectivity index (χ3n) is 3.12. The van der Waals surface area contributed by atoms with Crippen molar-refractivity contribution in [2.45, 2.75) is 26.7 Å². The van der Waals surface area contributed by atoms with Crippen molar-refractivity contribution in [3.05, 3.63) is 41.3 Å². The van der Waals surface area contributed by atoms with E-state index in [0.29, 0.717) is 28.5 Å². The fraction of sp³-hybridized carbons (Fsp3) is 0.312. The average Bonchev–Trinajstić information content (AvgIpc) is 2.88. The van der Waals surface area contributed by atoms with Crippen LogP contribution in [0.4, 0.5) is 5.69 Å². The van der Waals surface area contributed by atoms with Crippen LogP contribution in [0, 0.1) is 6.92 Å². The summed E-state index contributed by atoms with van der Waals surface area (Å²) in [7, 11) is 0. The molecule has 2 N–H and O–H groups in total. The molecule has 0 saturated heterocycles. The molecule has 0 atom stereocenters. The Hall–Kier alpha value is -2.83. The van der Waals surface area contributed by atoms with Gasteiger partial charge in [-0.2, -0.15) is 0 Å². The summed E-state index contributed by atoms with van der Waals surface area (Å²) in [6, 6.07) is 6.44. The van der Waals surface area contributed by atoms with Gasteiger partial charge < -0.3 is 19.7 Å². The molecular weight excluding hydrogens is 300 g/mol. The van der Waals surface area contributed by atoms with E-state index in [-0.39, 0.29) is 11.8 Å². The number of rotatable bonds is 6. The number of aryl methyl sites for hydroxylation is 1. The lowest BCUT2D eigenvalue weighted by atomic mass is 10.0. The predicted molar refractivity (Wildman–Crippen MR) is 82.9 cm³/mol. The molecule has 0 fully saturated rings. The van der Waals surface area contributed by atoms with E-state index in [2.05, 4.69) is 10.5 Å². The summed E-state index contributed by atoms with van der Waals surface area (Å²) < 4.78 is 10.2. The molecule has 0 aliphatic heterocycles. The molecule has 2 aromatic rings. The minimum absolute atomic E-state index is 0.0451. The molecule has 1 aromatic carbocycles. The lowest BCUT2D eigenvalue weighted by Crippen LogP contribution is -2.15. The summed E-state index contributed by atoms with van der Waals surface area (Å²) >= 11 is 0. The van der Waals surface area contributed by atoms with Crippen LogP contribution in [0.5, 0.6) is 5.75 Å². The highest BCUT2D eigenvalue weighted by molar-refractivity contribution is 6.05. The number of aromatic nitrogens is 1. The fourth-order valence-corrected chi connectivity index (χ4v) is 2.03. The van der Waals surface area contributed by atoms with Gasteiger partial charge in [-0.15, -0.1) is 0 Å². The van der Waals surface area contributed by atoms with E-state index in [1.54, 1.807) is 31.2 Å². The number of carbonyl (C=O) groups is 2. The quantitative estimate of drug-likeness (QED) is 0.849. The molecule has 122 valence electrons. The maximum Gasteiger partial charge on any atom is 0.341 e. The minimum atomic E-state index is -1.05. The van der Waals surface area contributed by atoms with Crippen molar-refractivity contribution >= 4 is 17.6 Å². The zero-order chi connectivity index (χ0) is 17.0. The van der Waals surface area contributed by atoms with Crippen molar-refractivity contribution < 1.29 is 24.0 Å². The molecule has 0 radical (unpaired) electrons. The number of hydrogen-bond acceptors (Lipinski definition) is 5. The van der Waals surface area contributed by atoms with Crippen LogP contribution in [0.1, 0.15) is 41.6 Å². The molecule has 0 bridgehead atoms. The van der Waals surface area contributed by atoms with E-state index in [9.17, 15) is 9.59 Å². The van der Waals surface area contributed by atoms with Crippen molar-refractivity contribution in [3.8, 4) is 5.75 Å². The smallest absolute Gasteiger partial charge is 0.341 e. The highest BCUT2D eigenvalue weighted by atomic mass is 16.5. The average molecular weight is 318 g/mol. The minimum Gasteiger partial charge on any atom is -0.482 e. The van der Waals surface area contributed by atoms with Crippen LogP contribution < -0.4 is 10.1 Å². The van der Waals surface area contributed by atoms with Gasteiger partial charge in [0.2, 0.25) is 0 Å². The molecule has 7 heteroatoms. The molecule has 1 aromatic heterocycles. The molecule has 0 aliphatic carbocycles. The van der Waals surface area contributed by atoms with Gasteiger partial charge in [-0.05, 0) is 31.2 Å². The van der Waals surface area contributed by atoms with Gasteiger partial charge in [0.25, 0.3) is 5.91 Å². The van der Waals surface area contributed by atoms with Gasteiger partial charge in [0, 0.05) is 11.6 Å². The van der Waals surface area contributed by atoms with E-state index in [1.807, 2.05) is 13.8 Å². The van der Waals surface area contributed by atoms with Crippen LogP contribution in [0.25, 0.3) is 0 Å². The third kappa shape index (κ3) is 4.09. The Balaban J connectivity index is 2.09. The standard InChI is InChI=1S/C16H18N2O5/c1-9(2)15-14(10(3)18-23-15)16(21)17-11-4-6-12(7-5-11)22-8-13(19)20/h4-7,9H,8H2,1-3H3,(H,17,21)(H,19,20).